The molecule has 0 spiro atoms. The summed E-state index contributed by atoms with van der Waals surface area (Å²) in [6.45, 7) is 1.85. The fraction of sp³-hybridized carbons (Fsp3) is 0.400. The summed E-state index contributed by atoms with van der Waals surface area (Å²) in [7, 11) is 0. The smallest absolute Gasteiger partial charge is 0.307 e. The molecule has 0 bridgehead atoms. The van der Waals surface area contributed by atoms with Crippen molar-refractivity contribution in [3.8, 4) is 0 Å². The number of rotatable bonds is 2. The van der Waals surface area contributed by atoms with Crippen molar-refractivity contribution >= 4 is 17.6 Å². The second-order valence-electron chi connectivity index (χ2n) is 3.65. The minimum atomic E-state index is -0.722. The molecule has 1 heterocycles. The van der Waals surface area contributed by atoms with Crippen LogP contribution in [0.4, 0.5) is 0 Å². The van der Waals surface area contributed by atoms with Gasteiger partial charge in [-0.3, -0.25) is 4.79 Å². The quantitative estimate of drug-likeness (QED) is 0.764. The van der Waals surface area contributed by atoms with Gasteiger partial charge in [-0.2, -0.15) is 0 Å². The predicted octanol–water partition coefficient (Wildman–Crippen LogP) is 2.23. The van der Waals surface area contributed by atoms with Gasteiger partial charge in [0.05, 0.1) is 5.92 Å². The molecule has 0 radical (unpaired) electrons. The normalized spacial score (nSPS) is 24.7. The number of hydrogen-bond donors (Lipinski definition) is 1. The van der Waals surface area contributed by atoms with Crippen molar-refractivity contribution in [1.29, 1.82) is 0 Å². The third kappa shape index (κ3) is 1.73. The zero-order valence-corrected chi connectivity index (χ0v) is 8.45. The van der Waals surface area contributed by atoms with Crippen LogP contribution in [0, 0.1) is 12.8 Å². The van der Waals surface area contributed by atoms with Crippen LogP contribution in [-0.2, 0) is 4.79 Å². The highest BCUT2D eigenvalue weighted by atomic mass is 35.5. The molecule has 0 saturated heterocycles. The van der Waals surface area contributed by atoms with Crippen LogP contribution in [-0.4, -0.2) is 16.1 Å². The molecule has 0 unspecified atom stereocenters. The van der Waals surface area contributed by atoms with Crippen LogP contribution in [0.2, 0.25) is 5.15 Å². The monoisotopic (exact) mass is 211 g/mol. The molecule has 0 aromatic carbocycles. The number of carboxylic acid groups (broad SMARTS) is 1. The van der Waals surface area contributed by atoms with Crippen molar-refractivity contribution in [2.45, 2.75) is 19.3 Å². The van der Waals surface area contributed by atoms with E-state index >= 15 is 0 Å². The van der Waals surface area contributed by atoms with Gasteiger partial charge in [-0.15, -0.1) is 0 Å². The largest absolute Gasteiger partial charge is 0.481 e. The first kappa shape index (κ1) is 9.46. The minimum absolute atomic E-state index is 0.131. The number of nitrogens with zero attached hydrogens (tertiary/aromatic N) is 1. The fourth-order valence-corrected chi connectivity index (χ4v) is 1.96. The van der Waals surface area contributed by atoms with Crippen molar-refractivity contribution < 1.29 is 9.90 Å². The maximum Gasteiger partial charge on any atom is 0.307 e. The molecule has 4 heteroatoms. The molecule has 14 heavy (non-hydrogen) atoms. The Morgan fingerprint density at radius 3 is 2.86 bits per heavy atom. The van der Waals surface area contributed by atoms with Crippen LogP contribution < -0.4 is 0 Å². The van der Waals surface area contributed by atoms with Crippen LogP contribution in [0.15, 0.2) is 12.1 Å². The van der Waals surface area contributed by atoms with E-state index in [9.17, 15) is 4.79 Å². The molecular weight excluding hydrogens is 202 g/mol. The van der Waals surface area contributed by atoms with Gasteiger partial charge in [0.25, 0.3) is 0 Å². The van der Waals surface area contributed by atoms with E-state index in [0.29, 0.717) is 5.15 Å². The Kier molecular flexibility index (Phi) is 2.19. The van der Waals surface area contributed by atoms with Gasteiger partial charge in [0, 0.05) is 5.69 Å². The first-order valence-electron chi connectivity index (χ1n) is 4.45. The Bertz CT molecular complexity index is 371. The van der Waals surface area contributed by atoms with Gasteiger partial charge in [0.1, 0.15) is 5.15 Å². The van der Waals surface area contributed by atoms with Gasteiger partial charge >= 0.3 is 5.97 Å². The summed E-state index contributed by atoms with van der Waals surface area (Å²) in [5.74, 6) is -0.819. The summed E-state index contributed by atoms with van der Waals surface area (Å²) in [4.78, 5) is 14.7. The third-order valence-electron chi connectivity index (χ3n) is 2.48. The summed E-state index contributed by atoms with van der Waals surface area (Å²) in [5.41, 5.74) is 1.83. The summed E-state index contributed by atoms with van der Waals surface area (Å²) < 4.78 is 0. The van der Waals surface area contributed by atoms with E-state index < -0.39 is 5.97 Å². The zero-order chi connectivity index (χ0) is 10.3. The molecule has 1 aliphatic carbocycles. The van der Waals surface area contributed by atoms with Crippen molar-refractivity contribution in [2.75, 3.05) is 0 Å². The average molecular weight is 212 g/mol. The minimum Gasteiger partial charge on any atom is -0.481 e. The number of aliphatic carboxylic acids is 1. The molecule has 3 nitrogen and oxygen atoms in total. The fourth-order valence-electron chi connectivity index (χ4n) is 1.70. The van der Waals surface area contributed by atoms with Gasteiger partial charge in [0.15, 0.2) is 0 Å². The molecule has 1 fully saturated rings. The Hall–Kier alpha value is -1.09. The Morgan fingerprint density at radius 2 is 2.36 bits per heavy atom. The highest BCUT2D eigenvalue weighted by Crippen LogP contribution is 2.47. The zero-order valence-electron chi connectivity index (χ0n) is 7.70. The van der Waals surface area contributed by atoms with Gasteiger partial charge in [-0.25, -0.2) is 4.98 Å². The lowest BCUT2D eigenvalue weighted by atomic mass is 10.1. The van der Waals surface area contributed by atoms with Gasteiger partial charge in [-0.1, -0.05) is 11.6 Å². The van der Waals surface area contributed by atoms with E-state index in [0.717, 1.165) is 17.7 Å². The van der Waals surface area contributed by atoms with Crippen molar-refractivity contribution in [1.82, 2.24) is 4.98 Å². The number of aromatic nitrogens is 1. The van der Waals surface area contributed by atoms with Crippen molar-refractivity contribution in [3.63, 3.8) is 0 Å². The van der Waals surface area contributed by atoms with E-state index in [4.69, 9.17) is 16.7 Å². The Labute approximate surface area is 86.7 Å². The topological polar surface area (TPSA) is 50.2 Å². The number of halogens is 1. The summed E-state index contributed by atoms with van der Waals surface area (Å²) in [5, 5.41) is 9.22. The van der Waals surface area contributed by atoms with Gasteiger partial charge in [-0.05, 0) is 37.0 Å². The van der Waals surface area contributed by atoms with Crippen LogP contribution in [0.5, 0.6) is 0 Å². The Morgan fingerprint density at radius 1 is 1.64 bits per heavy atom. The van der Waals surface area contributed by atoms with Crippen molar-refractivity contribution in [3.05, 3.63) is 28.5 Å². The molecule has 2 rings (SSSR count). The maximum atomic E-state index is 10.7. The SMILES string of the molecule is Cc1cc([C@@H]2C[C@H]2C(=O)O)cc(Cl)n1. The van der Waals surface area contributed by atoms with Gasteiger partial charge < -0.3 is 5.11 Å². The number of hydrogen-bond acceptors (Lipinski definition) is 2. The molecule has 1 aromatic rings. The number of aryl methyl sites for hydroxylation is 1. The average Bonchev–Trinajstić information content (AvgIpc) is 2.79. The summed E-state index contributed by atoms with van der Waals surface area (Å²) in [6, 6.07) is 3.65. The first-order chi connectivity index (χ1) is 6.58. The first-order valence-corrected chi connectivity index (χ1v) is 4.82. The maximum absolute atomic E-state index is 10.7. The van der Waals surface area contributed by atoms with Crippen LogP contribution >= 0.6 is 11.6 Å². The van der Waals surface area contributed by atoms with Gasteiger partial charge in [0.2, 0.25) is 0 Å². The van der Waals surface area contributed by atoms with Crippen molar-refractivity contribution in [2.24, 2.45) is 5.92 Å². The number of pyridine rings is 1. The molecule has 1 N–H and O–H groups in total. The second kappa shape index (κ2) is 3.24. The third-order valence-corrected chi connectivity index (χ3v) is 2.67. The van der Waals surface area contributed by atoms with Crippen LogP contribution in [0.1, 0.15) is 23.6 Å². The summed E-state index contributed by atoms with van der Waals surface area (Å²) >= 11 is 5.79. The van der Waals surface area contributed by atoms with E-state index in [2.05, 4.69) is 4.98 Å². The number of carboxylic acids is 1. The lowest BCUT2D eigenvalue weighted by Gasteiger charge is -2.01. The summed E-state index contributed by atoms with van der Waals surface area (Å²) in [6.07, 6.45) is 0.717. The Balaban J connectivity index is 2.23. The molecule has 2 atom stereocenters. The molecule has 1 saturated carbocycles. The lowest BCUT2D eigenvalue weighted by molar-refractivity contribution is -0.138. The molecule has 74 valence electrons. The second-order valence-corrected chi connectivity index (χ2v) is 4.04. The molecule has 1 aliphatic rings. The predicted molar refractivity (Wildman–Crippen MR) is 52.5 cm³/mol. The molecule has 0 aliphatic heterocycles. The van der Waals surface area contributed by atoms with Crippen LogP contribution in [0.25, 0.3) is 0 Å². The molecule has 0 amide bonds. The van der Waals surface area contributed by atoms with Crippen LogP contribution in [0.3, 0.4) is 0 Å². The van der Waals surface area contributed by atoms with E-state index in [1.807, 2.05) is 13.0 Å². The molecular formula is C10H10ClNO2. The lowest BCUT2D eigenvalue weighted by Crippen LogP contribution is -1.99. The number of carbonyl (C=O) groups is 1. The highest BCUT2D eigenvalue weighted by Gasteiger charge is 2.44. The molecule has 1 aromatic heterocycles. The standard InChI is InChI=1S/C10H10ClNO2/c1-5-2-6(3-9(11)12-5)7-4-8(7)10(13)14/h2-3,7-8H,4H2,1H3,(H,13,14)/t7-,8+/m0/s1. The highest BCUT2D eigenvalue weighted by molar-refractivity contribution is 6.29. The van der Waals surface area contributed by atoms with E-state index in [-0.39, 0.29) is 11.8 Å². The van der Waals surface area contributed by atoms with E-state index in [1.54, 1.807) is 6.07 Å². The van der Waals surface area contributed by atoms with E-state index in [1.165, 1.54) is 0 Å².